The molecular weight excluding hydrogens is 564 g/mol. The average Bonchev–Trinajstić information content (AvgIpc) is 2.92. The van der Waals surface area contributed by atoms with Crippen molar-refractivity contribution >= 4 is 46.0 Å². The minimum Gasteiger partial charge on any atom is -0.385 e. The van der Waals surface area contributed by atoms with Gasteiger partial charge in [0.1, 0.15) is 11.1 Å². The van der Waals surface area contributed by atoms with Gasteiger partial charge in [-0.1, -0.05) is 18.5 Å². The van der Waals surface area contributed by atoms with E-state index in [2.05, 4.69) is 20.6 Å². The Hall–Kier alpha value is -3.62. The lowest BCUT2D eigenvalue weighted by Crippen LogP contribution is -2.56. The van der Waals surface area contributed by atoms with E-state index in [1.165, 1.54) is 34.2 Å². The molecule has 0 bridgehead atoms. The number of aryl methyl sites for hydroxylation is 1. The van der Waals surface area contributed by atoms with Crippen molar-refractivity contribution in [1.29, 1.82) is 0 Å². The molecule has 41 heavy (non-hydrogen) atoms. The molecule has 2 aliphatic rings. The third-order valence-electron chi connectivity index (χ3n) is 7.49. The predicted octanol–water partition coefficient (Wildman–Crippen LogP) is 1.58. The number of aromatic nitrogens is 4. The van der Waals surface area contributed by atoms with Gasteiger partial charge in [0.2, 0.25) is 11.9 Å². The van der Waals surface area contributed by atoms with Gasteiger partial charge in [-0.2, -0.15) is 4.98 Å². The van der Waals surface area contributed by atoms with Crippen LogP contribution in [-0.4, -0.2) is 75.5 Å². The van der Waals surface area contributed by atoms with Crippen molar-refractivity contribution in [2.24, 2.45) is 11.8 Å². The zero-order valence-electron chi connectivity index (χ0n) is 22.4. The summed E-state index contributed by atoms with van der Waals surface area (Å²) in [7, 11) is 1.49. The maximum absolute atomic E-state index is 14.1. The molecule has 12 nitrogen and oxygen atoms in total. The van der Waals surface area contributed by atoms with Gasteiger partial charge in [-0.3, -0.25) is 14.4 Å². The summed E-state index contributed by atoms with van der Waals surface area (Å²) in [5.41, 5.74) is -0.0438. The van der Waals surface area contributed by atoms with Crippen LogP contribution < -0.4 is 26.7 Å². The minimum atomic E-state index is -3.23. The second-order valence-electron chi connectivity index (χ2n) is 10.4. The van der Waals surface area contributed by atoms with E-state index in [1.54, 1.807) is 18.2 Å². The first-order valence-electron chi connectivity index (χ1n) is 13.2. The van der Waals surface area contributed by atoms with Crippen molar-refractivity contribution in [2.45, 2.75) is 38.5 Å². The number of ether oxygens (including phenoxy) is 1. The molecule has 0 saturated carbocycles. The van der Waals surface area contributed by atoms with Crippen LogP contribution >= 0.6 is 11.6 Å². The molecule has 1 amide bonds. The van der Waals surface area contributed by atoms with Crippen LogP contribution in [0.3, 0.4) is 0 Å². The zero-order valence-corrected chi connectivity index (χ0v) is 23.2. The molecule has 2 atom stereocenters. The lowest BCUT2D eigenvalue weighted by molar-refractivity contribution is -0.149. The van der Waals surface area contributed by atoms with E-state index in [0.717, 1.165) is 0 Å². The summed E-state index contributed by atoms with van der Waals surface area (Å²) in [5, 5.41) is 15.7. The number of amides is 1. The lowest BCUT2D eigenvalue weighted by atomic mass is 9.93. The number of carbonyl (C=O) groups excluding carboxylic acids is 1. The molecule has 0 unspecified atom stereocenters. The largest absolute Gasteiger partial charge is 0.385 e. The number of aliphatic hydroxyl groups excluding tert-OH is 1. The molecular formula is C26H30ClF2N7O5. The van der Waals surface area contributed by atoms with E-state index in [0.29, 0.717) is 36.5 Å². The van der Waals surface area contributed by atoms with Crippen molar-refractivity contribution in [3.05, 3.63) is 50.1 Å². The van der Waals surface area contributed by atoms with Gasteiger partial charge in [0, 0.05) is 50.6 Å². The van der Waals surface area contributed by atoms with Gasteiger partial charge in [0.05, 0.1) is 37.0 Å². The fourth-order valence-electron chi connectivity index (χ4n) is 4.97. The monoisotopic (exact) mass is 593 g/mol. The number of aliphatic hydroxyl groups is 1. The number of nitrogens with one attached hydrogen (secondary N) is 2. The van der Waals surface area contributed by atoms with Gasteiger partial charge in [0.15, 0.2) is 5.82 Å². The normalized spacial score (nSPS) is 20.6. The van der Waals surface area contributed by atoms with Crippen LogP contribution in [0.15, 0.2) is 34.0 Å². The van der Waals surface area contributed by atoms with Crippen LogP contribution in [0.2, 0.25) is 5.02 Å². The molecule has 15 heteroatoms. The summed E-state index contributed by atoms with van der Waals surface area (Å²) in [4.78, 5) is 48.2. The fourth-order valence-corrected chi connectivity index (χ4v) is 5.11. The molecule has 2 aromatic heterocycles. The van der Waals surface area contributed by atoms with Crippen LogP contribution in [0.4, 0.5) is 26.2 Å². The topological polar surface area (TPSA) is 144 Å². The molecule has 220 valence electrons. The van der Waals surface area contributed by atoms with Crippen LogP contribution in [0.5, 0.6) is 0 Å². The molecule has 2 aliphatic heterocycles. The first-order valence-corrected chi connectivity index (χ1v) is 13.5. The molecule has 4 heterocycles. The second-order valence-corrected chi connectivity index (χ2v) is 10.8. The molecule has 3 N–H and O–H groups in total. The highest BCUT2D eigenvalue weighted by molar-refractivity contribution is 6.32. The Morgan fingerprint density at radius 1 is 1.20 bits per heavy atom. The summed E-state index contributed by atoms with van der Waals surface area (Å²) in [5.74, 6) is -4.25. The predicted molar refractivity (Wildman–Crippen MR) is 148 cm³/mol. The number of fused-ring (bicyclic) bond motifs is 1. The Bertz CT molecular complexity index is 1580. The third kappa shape index (κ3) is 5.63. The number of carbonyl (C=O) groups is 1. The first kappa shape index (κ1) is 28.9. The molecule has 2 fully saturated rings. The van der Waals surface area contributed by atoms with Gasteiger partial charge in [0.25, 0.3) is 5.92 Å². The molecule has 5 rings (SSSR count). The summed E-state index contributed by atoms with van der Waals surface area (Å²) in [6.07, 6.45) is -0.559. The van der Waals surface area contributed by atoms with E-state index in [-0.39, 0.29) is 54.7 Å². The summed E-state index contributed by atoms with van der Waals surface area (Å²) < 4.78 is 36.2. The number of nitrogens with zero attached hydrogens (tertiary/aromatic N) is 5. The molecule has 0 radical (unpaired) electrons. The average molecular weight is 594 g/mol. The Morgan fingerprint density at radius 3 is 2.59 bits per heavy atom. The van der Waals surface area contributed by atoms with E-state index in [1.807, 2.05) is 0 Å². The number of alkyl halides is 2. The number of β-amino-alcohol motifs (C(OH)–C–C–N with tert-alkyl or cyclic N) is 1. The molecule has 3 aromatic rings. The molecule has 0 aliphatic carbocycles. The molecule has 1 aromatic carbocycles. The van der Waals surface area contributed by atoms with E-state index < -0.39 is 29.1 Å². The fraction of sp³-hybridized carbons (Fsp3) is 0.500. The number of piperidine rings is 1. The quantitative estimate of drug-likeness (QED) is 0.332. The van der Waals surface area contributed by atoms with Crippen LogP contribution in [-0.2, 0) is 22.6 Å². The first-order chi connectivity index (χ1) is 19.5. The van der Waals surface area contributed by atoms with E-state index in [4.69, 9.17) is 16.3 Å². The van der Waals surface area contributed by atoms with Crippen molar-refractivity contribution in [3.8, 4) is 0 Å². The van der Waals surface area contributed by atoms with Crippen LogP contribution in [0.25, 0.3) is 11.0 Å². The Morgan fingerprint density at radius 2 is 1.93 bits per heavy atom. The number of benzene rings is 1. The number of rotatable bonds is 8. The van der Waals surface area contributed by atoms with E-state index in [9.17, 15) is 28.3 Å². The lowest BCUT2D eigenvalue weighted by Gasteiger charge is -2.40. The highest BCUT2D eigenvalue weighted by Gasteiger charge is 2.49. The highest BCUT2D eigenvalue weighted by atomic mass is 35.5. The van der Waals surface area contributed by atoms with Crippen molar-refractivity contribution < 1.29 is 23.4 Å². The number of halogens is 3. The number of anilines is 3. The molecule has 2 saturated heterocycles. The maximum Gasteiger partial charge on any atom is 0.316 e. The Balaban J connectivity index is 1.51. The van der Waals surface area contributed by atoms with Crippen molar-refractivity contribution in [1.82, 2.24) is 24.4 Å². The SMILES string of the molecule is CNC(=O)CCn1c(=O)c(=O)n(CC2COC2)c2ccc(Nc3nc(N4C[C@@H](C)C(F)(F)[C@@H](O)C4)ncc3Cl)cc21. The van der Waals surface area contributed by atoms with E-state index >= 15 is 0 Å². The third-order valence-corrected chi connectivity index (χ3v) is 7.76. The minimum absolute atomic E-state index is 0.0106. The summed E-state index contributed by atoms with van der Waals surface area (Å²) in [6.45, 7) is 2.21. The van der Waals surface area contributed by atoms with Gasteiger partial charge in [-0.15, -0.1) is 0 Å². The molecule has 0 spiro atoms. The number of hydrogen-bond donors (Lipinski definition) is 3. The zero-order chi connectivity index (χ0) is 29.5. The Labute approximate surface area is 237 Å². The van der Waals surface area contributed by atoms with Crippen molar-refractivity contribution in [3.63, 3.8) is 0 Å². The van der Waals surface area contributed by atoms with Gasteiger partial charge in [-0.25, -0.2) is 13.8 Å². The summed E-state index contributed by atoms with van der Waals surface area (Å²) in [6, 6.07) is 5.03. The van der Waals surface area contributed by atoms with Gasteiger partial charge < -0.3 is 34.5 Å². The highest BCUT2D eigenvalue weighted by Crippen LogP contribution is 2.35. The summed E-state index contributed by atoms with van der Waals surface area (Å²) >= 11 is 6.36. The second kappa shape index (κ2) is 11.3. The maximum atomic E-state index is 14.1. The smallest absolute Gasteiger partial charge is 0.316 e. The van der Waals surface area contributed by atoms with Crippen molar-refractivity contribution in [2.75, 3.05) is 43.6 Å². The standard InChI is InChI=1S/C26H30ClF2N7O5/c1-14-9-34(11-20(37)26(14,28)29)25-31-8-17(27)22(33-25)32-16-3-4-18-19(7-16)35(6-5-21(38)30-2)23(39)24(40)36(18)10-15-12-41-13-15/h3-4,7-8,14-15,20,37H,5-6,9-13H2,1-2H3,(H,30,38)(H,31,32,33)/t14-,20+/m1/s1. The van der Waals surface area contributed by atoms with Crippen LogP contribution in [0, 0.1) is 11.8 Å². The number of hydrogen-bond acceptors (Lipinski definition) is 9. The van der Waals surface area contributed by atoms with Gasteiger partial charge in [-0.05, 0) is 18.2 Å². The Kier molecular flexibility index (Phi) is 7.99. The van der Waals surface area contributed by atoms with Crippen LogP contribution in [0.1, 0.15) is 13.3 Å². The van der Waals surface area contributed by atoms with Gasteiger partial charge >= 0.3 is 11.1 Å².